The predicted molar refractivity (Wildman–Crippen MR) is 78.0 cm³/mol. The van der Waals surface area contributed by atoms with Crippen molar-refractivity contribution in [3.8, 4) is 0 Å². The molecule has 0 saturated heterocycles. The van der Waals surface area contributed by atoms with Crippen molar-refractivity contribution in [2.24, 2.45) is 5.92 Å². The molecule has 3 atom stereocenters. The molecular weight excluding hydrogens is 246 g/mol. The Balaban J connectivity index is 2.37. The first kappa shape index (κ1) is 15.8. The lowest BCUT2D eigenvalue weighted by Gasteiger charge is -2.36. The van der Waals surface area contributed by atoms with Crippen LogP contribution >= 0.6 is 11.8 Å². The summed E-state index contributed by atoms with van der Waals surface area (Å²) in [6.07, 6.45) is 5.74. The second-order valence-corrected chi connectivity index (χ2v) is 6.33. The van der Waals surface area contributed by atoms with Crippen molar-refractivity contribution >= 4 is 17.7 Å². The van der Waals surface area contributed by atoms with Gasteiger partial charge in [0.15, 0.2) is 0 Å². The zero-order valence-electron chi connectivity index (χ0n) is 11.9. The van der Waals surface area contributed by atoms with E-state index in [1.54, 1.807) is 0 Å². The molecule has 1 fully saturated rings. The summed E-state index contributed by atoms with van der Waals surface area (Å²) in [7, 11) is 1.46. The van der Waals surface area contributed by atoms with Crippen LogP contribution < -0.4 is 5.32 Å². The van der Waals surface area contributed by atoms with Crippen molar-refractivity contribution in [2.75, 3.05) is 19.4 Å². The summed E-state index contributed by atoms with van der Waals surface area (Å²) < 4.78 is 4.69. The van der Waals surface area contributed by atoms with Crippen LogP contribution in [-0.4, -0.2) is 36.7 Å². The van der Waals surface area contributed by atoms with Crippen molar-refractivity contribution < 1.29 is 9.53 Å². The fraction of sp³-hybridized carbons (Fsp3) is 0.929. The summed E-state index contributed by atoms with van der Waals surface area (Å²) in [5.41, 5.74) is 0. The second-order valence-electron chi connectivity index (χ2n) is 4.99. The number of thioether (sulfide) groups is 1. The van der Waals surface area contributed by atoms with Crippen LogP contribution in [0.1, 0.15) is 46.0 Å². The van der Waals surface area contributed by atoms with Crippen LogP contribution in [0, 0.1) is 5.92 Å². The number of rotatable bonds is 7. The molecule has 4 heteroatoms. The molecule has 0 bridgehead atoms. The fourth-order valence-electron chi connectivity index (χ4n) is 2.66. The summed E-state index contributed by atoms with van der Waals surface area (Å²) in [4.78, 5) is 11.1. The smallest absolute Gasteiger partial charge is 0.306 e. The molecule has 0 heterocycles. The van der Waals surface area contributed by atoms with Crippen LogP contribution in [0.2, 0.25) is 0 Å². The number of methoxy groups -OCH3 is 1. The Hall–Kier alpha value is -0.220. The van der Waals surface area contributed by atoms with Gasteiger partial charge in [-0.1, -0.05) is 20.3 Å². The van der Waals surface area contributed by atoms with Crippen LogP contribution in [0.4, 0.5) is 0 Å². The Morgan fingerprint density at radius 3 is 2.78 bits per heavy atom. The van der Waals surface area contributed by atoms with Gasteiger partial charge >= 0.3 is 5.97 Å². The van der Waals surface area contributed by atoms with E-state index in [4.69, 9.17) is 0 Å². The maximum atomic E-state index is 11.1. The molecule has 106 valence electrons. The highest BCUT2D eigenvalue weighted by Crippen LogP contribution is 2.34. The molecule has 3 nitrogen and oxygen atoms in total. The summed E-state index contributed by atoms with van der Waals surface area (Å²) >= 11 is 1.94. The monoisotopic (exact) mass is 273 g/mol. The molecule has 0 amide bonds. The maximum absolute atomic E-state index is 11.1. The van der Waals surface area contributed by atoms with E-state index in [0.717, 1.165) is 18.2 Å². The minimum absolute atomic E-state index is 0.0923. The zero-order valence-corrected chi connectivity index (χ0v) is 12.7. The van der Waals surface area contributed by atoms with Crippen LogP contribution in [0.5, 0.6) is 0 Å². The number of ether oxygens (including phenoxy) is 1. The molecule has 3 unspecified atom stereocenters. The third-order valence-corrected chi connectivity index (χ3v) is 5.20. The fourth-order valence-corrected chi connectivity index (χ4v) is 4.12. The van der Waals surface area contributed by atoms with Gasteiger partial charge in [0.05, 0.1) is 13.5 Å². The average molecular weight is 273 g/mol. The molecule has 0 spiro atoms. The Labute approximate surface area is 115 Å². The molecule has 1 aliphatic rings. The lowest BCUT2D eigenvalue weighted by molar-refractivity contribution is -0.140. The Bertz CT molecular complexity index is 248. The van der Waals surface area contributed by atoms with Crippen LogP contribution in [0.25, 0.3) is 0 Å². The van der Waals surface area contributed by atoms with Gasteiger partial charge in [-0.05, 0) is 31.7 Å². The van der Waals surface area contributed by atoms with Gasteiger partial charge in [0.2, 0.25) is 0 Å². The molecule has 1 N–H and O–H groups in total. The number of hydrogen-bond donors (Lipinski definition) is 1. The number of esters is 1. The van der Waals surface area contributed by atoms with Gasteiger partial charge in [-0.25, -0.2) is 0 Å². The Kier molecular flexibility index (Phi) is 7.75. The minimum Gasteiger partial charge on any atom is -0.469 e. The third-order valence-electron chi connectivity index (χ3n) is 3.81. The van der Waals surface area contributed by atoms with Crippen LogP contribution in [0.3, 0.4) is 0 Å². The topological polar surface area (TPSA) is 38.3 Å². The van der Waals surface area contributed by atoms with Gasteiger partial charge in [-0.2, -0.15) is 11.8 Å². The molecule has 0 aromatic carbocycles. The molecule has 0 radical (unpaired) electrons. The van der Waals surface area contributed by atoms with E-state index in [1.165, 1.54) is 32.8 Å². The lowest BCUT2D eigenvalue weighted by Crippen LogP contribution is -2.42. The summed E-state index contributed by atoms with van der Waals surface area (Å²) in [5, 5.41) is 4.25. The van der Waals surface area contributed by atoms with E-state index in [2.05, 4.69) is 23.9 Å². The van der Waals surface area contributed by atoms with Crippen LogP contribution in [0.15, 0.2) is 0 Å². The highest BCUT2D eigenvalue weighted by molar-refractivity contribution is 7.99. The van der Waals surface area contributed by atoms with Crippen molar-refractivity contribution in [3.05, 3.63) is 0 Å². The highest BCUT2D eigenvalue weighted by atomic mass is 32.2. The SMILES string of the molecule is CCNC1CCC(CC)CC1SCCC(=O)OC. The quantitative estimate of drug-likeness (QED) is 0.724. The molecule has 0 aliphatic heterocycles. The lowest BCUT2D eigenvalue weighted by atomic mass is 9.84. The molecular formula is C14H27NO2S. The molecule has 1 rings (SSSR count). The van der Waals surface area contributed by atoms with Gasteiger partial charge < -0.3 is 10.1 Å². The maximum Gasteiger partial charge on any atom is 0.306 e. The van der Waals surface area contributed by atoms with Gasteiger partial charge in [0.1, 0.15) is 0 Å². The van der Waals surface area contributed by atoms with E-state index >= 15 is 0 Å². The molecule has 1 aliphatic carbocycles. The van der Waals surface area contributed by atoms with Gasteiger partial charge in [-0.3, -0.25) is 4.79 Å². The van der Waals surface area contributed by atoms with Crippen molar-refractivity contribution in [1.82, 2.24) is 5.32 Å². The van der Waals surface area contributed by atoms with E-state index in [-0.39, 0.29) is 5.97 Å². The highest BCUT2D eigenvalue weighted by Gasteiger charge is 2.29. The summed E-state index contributed by atoms with van der Waals surface area (Å²) in [6, 6.07) is 0.625. The standard InChI is InChI=1S/C14H27NO2S/c1-4-11-6-7-12(15-5-2)13(10-11)18-9-8-14(16)17-3/h11-13,15H,4-10H2,1-3H3. The molecule has 1 saturated carbocycles. The van der Waals surface area contributed by atoms with Gasteiger partial charge in [0, 0.05) is 17.0 Å². The third kappa shape index (κ3) is 5.19. The number of carbonyl (C=O) groups excluding carboxylic acids is 1. The molecule has 0 aromatic rings. The second kappa shape index (κ2) is 8.81. The summed E-state index contributed by atoms with van der Waals surface area (Å²) in [5.74, 6) is 1.66. The van der Waals surface area contributed by atoms with Gasteiger partial charge in [0.25, 0.3) is 0 Å². The van der Waals surface area contributed by atoms with E-state index in [0.29, 0.717) is 17.7 Å². The minimum atomic E-state index is -0.0923. The number of carbonyl (C=O) groups is 1. The van der Waals surface area contributed by atoms with Crippen LogP contribution in [-0.2, 0) is 9.53 Å². The van der Waals surface area contributed by atoms with Crippen molar-refractivity contribution in [3.63, 3.8) is 0 Å². The molecule has 0 aromatic heterocycles. The van der Waals surface area contributed by atoms with E-state index in [9.17, 15) is 4.79 Å². The van der Waals surface area contributed by atoms with Crippen molar-refractivity contribution in [2.45, 2.75) is 57.2 Å². The first-order valence-corrected chi connectivity index (χ1v) is 8.17. The predicted octanol–water partition coefficient (Wildman–Crippen LogP) is 2.84. The van der Waals surface area contributed by atoms with E-state index < -0.39 is 0 Å². The molecule has 18 heavy (non-hydrogen) atoms. The Morgan fingerprint density at radius 2 is 2.17 bits per heavy atom. The first-order chi connectivity index (χ1) is 8.71. The summed E-state index contributed by atoms with van der Waals surface area (Å²) in [6.45, 7) is 5.49. The Morgan fingerprint density at radius 1 is 1.39 bits per heavy atom. The normalized spacial score (nSPS) is 28.1. The van der Waals surface area contributed by atoms with E-state index in [1.807, 2.05) is 11.8 Å². The van der Waals surface area contributed by atoms with Crippen molar-refractivity contribution in [1.29, 1.82) is 0 Å². The van der Waals surface area contributed by atoms with Gasteiger partial charge in [-0.15, -0.1) is 0 Å². The zero-order chi connectivity index (χ0) is 13.4. The average Bonchev–Trinajstić information content (AvgIpc) is 2.40. The number of nitrogens with one attached hydrogen (secondary N) is 1. The first-order valence-electron chi connectivity index (χ1n) is 7.13. The largest absolute Gasteiger partial charge is 0.469 e. The number of hydrogen-bond acceptors (Lipinski definition) is 4.